The van der Waals surface area contributed by atoms with Crippen molar-refractivity contribution in [2.75, 3.05) is 5.32 Å². The number of pyridine rings is 1. The third-order valence-corrected chi connectivity index (χ3v) is 7.86. The lowest BCUT2D eigenvalue weighted by molar-refractivity contribution is -0.0556. The van der Waals surface area contributed by atoms with E-state index in [1.54, 1.807) is 12.1 Å². The van der Waals surface area contributed by atoms with E-state index in [-0.39, 0.29) is 5.82 Å². The molecule has 0 amide bonds. The van der Waals surface area contributed by atoms with Crippen LogP contribution in [-0.2, 0) is 0 Å². The van der Waals surface area contributed by atoms with Crippen LogP contribution in [-0.4, -0.2) is 4.98 Å². The van der Waals surface area contributed by atoms with E-state index in [0.29, 0.717) is 23.2 Å². The molecule has 2 aliphatic rings. The lowest BCUT2D eigenvalue weighted by Gasteiger charge is -2.59. The van der Waals surface area contributed by atoms with Crippen molar-refractivity contribution in [3.05, 3.63) is 82.9 Å². The van der Waals surface area contributed by atoms with Gasteiger partial charge >= 0.3 is 0 Å². The second-order valence-corrected chi connectivity index (χ2v) is 10.2. The first-order valence-electron chi connectivity index (χ1n) is 10.7. The van der Waals surface area contributed by atoms with Gasteiger partial charge in [-0.3, -0.25) is 4.98 Å². The van der Waals surface area contributed by atoms with E-state index in [0.717, 1.165) is 26.8 Å². The Labute approximate surface area is 185 Å². The van der Waals surface area contributed by atoms with E-state index >= 15 is 0 Å². The largest absolute Gasteiger partial charge is 0.359 e. The first-order valence-corrected chi connectivity index (χ1v) is 11.5. The van der Waals surface area contributed by atoms with E-state index in [9.17, 15) is 4.39 Å². The Bertz CT molecular complexity index is 1090. The molecule has 154 valence electrons. The van der Waals surface area contributed by atoms with Crippen molar-refractivity contribution in [1.29, 1.82) is 0 Å². The molecule has 0 radical (unpaired) electrons. The molecular formula is C26H26BrFN2. The summed E-state index contributed by atoms with van der Waals surface area (Å²) in [5, 5.41) is 4.46. The molecule has 2 nitrogen and oxygen atoms in total. The fourth-order valence-electron chi connectivity index (χ4n) is 5.56. The monoisotopic (exact) mass is 464 g/mol. The van der Waals surface area contributed by atoms with Gasteiger partial charge in [0.1, 0.15) is 5.82 Å². The van der Waals surface area contributed by atoms with Crippen LogP contribution < -0.4 is 5.32 Å². The molecule has 0 bridgehead atoms. The topological polar surface area (TPSA) is 24.9 Å². The summed E-state index contributed by atoms with van der Waals surface area (Å²) in [4.78, 5) is 4.40. The Morgan fingerprint density at radius 2 is 1.87 bits per heavy atom. The molecule has 30 heavy (non-hydrogen) atoms. The predicted molar refractivity (Wildman–Crippen MR) is 125 cm³/mol. The summed E-state index contributed by atoms with van der Waals surface area (Å²) in [7, 11) is 0. The molecule has 1 unspecified atom stereocenters. The van der Waals surface area contributed by atoms with Crippen molar-refractivity contribution in [2.45, 2.75) is 38.5 Å². The number of fused-ring (bicyclic) bond motifs is 1. The van der Waals surface area contributed by atoms with Gasteiger partial charge in [-0.05, 0) is 103 Å². The molecule has 1 aromatic heterocycles. The highest BCUT2D eigenvalue weighted by atomic mass is 79.9. The summed E-state index contributed by atoms with van der Waals surface area (Å²) in [6, 6.07) is 15.2. The number of nitrogens with zero attached hydrogens (tertiary/aromatic N) is 1. The number of allylic oxidation sites excluding steroid dienone is 1. The zero-order chi connectivity index (χ0) is 20.9. The van der Waals surface area contributed by atoms with Crippen molar-refractivity contribution in [2.24, 2.45) is 17.3 Å². The van der Waals surface area contributed by atoms with Crippen LogP contribution in [0, 0.1) is 23.1 Å². The lowest BCUT2D eigenvalue weighted by Crippen LogP contribution is -2.48. The standard InChI is InChI=1S/C26H26BrFN2/c1-16(17(2)30-22-6-3-20(27)4-7-22)18-12-26(13-18)14-19(15-26)23-9-10-29-25-8-5-21(28)11-24(23)25/h3-11,16,18-19,30H,2,12-15H2,1H3. The van der Waals surface area contributed by atoms with E-state index in [1.807, 2.05) is 18.3 Å². The van der Waals surface area contributed by atoms with Crippen LogP contribution in [0.3, 0.4) is 0 Å². The number of rotatable bonds is 5. The van der Waals surface area contributed by atoms with Crippen molar-refractivity contribution in [3.8, 4) is 0 Å². The van der Waals surface area contributed by atoms with Crippen molar-refractivity contribution in [3.63, 3.8) is 0 Å². The average Bonchev–Trinajstić information content (AvgIpc) is 2.67. The van der Waals surface area contributed by atoms with Crippen LogP contribution in [0.5, 0.6) is 0 Å². The number of anilines is 1. The highest BCUT2D eigenvalue weighted by Gasteiger charge is 2.54. The van der Waals surface area contributed by atoms with Crippen LogP contribution in [0.1, 0.15) is 44.1 Å². The third-order valence-electron chi connectivity index (χ3n) is 7.33. The first kappa shape index (κ1) is 19.7. The van der Waals surface area contributed by atoms with E-state index < -0.39 is 0 Å². The molecule has 1 N–H and O–H groups in total. The van der Waals surface area contributed by atoms with Gasteiger partial charge in [0.25, 0.3) is 0 Å². The third kappa shape index (κ3) is 3.56. The number of nitrogens with one attached hydrogen (secondary N) is 1. The minimum atomic E-state index is -0.180. The van der Waals surface area contributed by atoms with Crippen molar-refractivity contribution >= 4 is 32.5 Å². The molecule has 1 heterocycles. The number of benzene rings is 2. The molecule has 2 saturated carbocycles. The maximum absolute atomic E-state index is 13.8. The summed E-state index contributed by atoms with van der Waals surface area (Å²) in [5.74, 6) is 1.49. The SMILES string of the molecule is C=C(Nc1ccc(Br)cc1)C(C)C1CC2(CC(c3ccnc4ccc(F)cc34)C2)C1. The maximum atomic E-state index is 13.8. The van der Waals surface area contributed by atoms with E-state index in [4.69, 9.17) is 0 Å². The van der Waals surface area contributed by atoms with Gasteiger partial charge in [-0.2, -0.15) is 0 Å². The molecule has 2 aliphatic carbocycles. The van der Waals surface area contributed by atoms with Crippen LogP contribution >= 0.6 is 15.9 Å². The fraction of sp³-hybridized carbons (Fsp3) is 0.346. The molecule has 4 heteroatoms. The highest BCUT2D eigenvalue weighted by Crippen LogP contribution is 2.66. The number of aromatic nitrogens is 1. The second kappa shape index (κ2) is 7.49. The van der Waals surface area contributed by atoms with Gasteiger partial charge in [0, 0.05) is 27.4 Å². The first-order chi connectivity index (χ1) is 14.4. The normalized spacial score (nSPS) is 26.1. The quantitative estimate of drug-likeness (QED) is 0.418. The van der Waals surface area contributed by atoms with Gasteiger partial charge in [-0.15, -0.1) is 0 Å². The molecule has 2 fully saturated rings. The Hall–Kier alpha value is -2.20. The van der Waals surface area contributed by atoms with Crippen LogP contribution in [0.25, 0.3) is 10.9 Å². The summed E-state index contributed by atoms with van der Waals surface area (Å²) in [5.41, 5.74) is 4.83. The van der Waals surface area contributed by atoms with Crippen LogP contribution in [0.15, 0.2) is 71.5 Å². The molecule has 1 atom stereocenters. The summed E-state index contributed by atoms with van der Waals surface area (Å²) in [6.07, 6.45) is 6.81. The van der Waals surface area contributed by atoms with Crippen molar-refractivity contribution < 1.29 is 4.39 Å². The molecule has 3 aromatic rings. The molecule has 1 spiro atoms. The number of hydrogen-bond acceptors (Lipinski definition) is 2. The zero-order valence-corrected chi connectivity index (χ0v) is 18.8. The molecule has 5 rings (SSSR count). The Morgan fingerprint density at radius 1 is 1.13 bits per heavy atom. The summed E-state index contributed by atoms with van der Waals surface area (Å²) < 4.78 is 14.9. The van der Waals surface area contributed by atoms with Crippen LogP contribution in [0.4, 0.5) is 10.1 Å². The fourth-order valence-corrected chi connectivity index (χ4v) is 5.82. The van der Waals surface area contributed by atoms with Gasteiger partial charge < -0.3 is 5.32 Å². The zero-order valence-electron chi connectivity index (χ0n) is 17.2. The number of hydrogen-bond donors (Lipinski definition) is 1. The van der Waals surface area contributed by atoms with Gasteiger partial charge in [0.2, 0.25) is 0 Å². The second-order valence-electron chi connectivity index (χ2n) is 9.28. The Morgan fingerprint density at radius 3 is 2.60 bits per heavy atom. The molecule has 0 saturated heterocycles. The Kier molecular flexibility index (Phi) is 4.93. The Balaban J connectivity index is 1.19. The minimum Gasteiger partial charge on any atom is -0.359 e. The van der Waals surface area contributed by atoms with Crippen LogP contribution in [0.2, 0.25) is 0 Å². The van der Waals surface area contributed by atoms with Gasteiger partial charge in [0.15, 0.2) is 0 Å². The smallest absolute Gasteiger partial charge is 0.123 e. The van der Waals surface area contributed by atoms with Crippen molar-refractivity contribution in [1.82, 2.24) is 4.98 Å². The predicted octanol–water partition coefficient (Wildman–Crippen LogP) is 7.67. The average molecular weight is 465 g/mol. The van der Waals surface area contributed by atoms with E-state index in [2.05, 4.69) is 57.9 Å². The highest BCUT2D eigenvalue weighted by molar-refractivity contribution is 9.10. The van der Waals surface area contributed by atoms with Gasteiger partial charge in [-0.1, -0.05) is 29.4 Å². The number of halogens is 2. The van der Waals surface area contributed by atoms with E-state index in [1.165, 1.54) is 37.3 Å². The molecular weight excluding hydrogens is 439 g/mol. The maximum Gasteiger partial charge on any atom is 0.123 e. The molecule has 0 aliphatic heterocycles. The summed E-state index contributed by atoms with van der Waals surface area (Å²) in [6.45, 7) is 6.60. The van der Waals surface area contributed by atoms with Gasteiger partial charge in [-0.25, -0.2) is 4.39 Å². The minimum absolute atomic E-state index is 0.180. The lowest BCUT2D eigenvalue weighted by atomic mass is 9.45. The summed E-state index contributed by atoms with van der Waals surface area (Å²) >= 11 is 3.48. The van der Waals surface area contributed by atoms with Gasteiger partial charge in [0.05, 0.1) is 5.52 Å². The molecule has 2 aromatic carbocycles.